The van der Waals surface area contributed by atoms with Crippen LogP contribution in [-0.2, 0) is 16.0 Å². The number of amides is 1. The average molecular weight is 262 g/mol. The third-order valence-electron chi connectivity index (χ3n) is 2.03. The molecule has 0 fully saturated rings. The van der Waals surface area contributed by atoms with E-state index in [2.05, 4.69) is 5.32 Å². The standard InChI is InChI=1S/C11H13Cl2NO2/c1-16-6-5-14-11(15)7-8-9(12)3-2-4-10(8)13/h2-4H,5-7H2,1H3,(H,14,15). The van der Waals surface area contributed by atoms with Gasteiger partial charge in [0, 0.05) is 23.7 Å². The van der Waals surface area contributed by atoms with E-state index in [1.54, 1.807) is 25.3 Å². The van der Waals surface area contributed by atoms with Gasteiger partial charge in [-0.05, 0) is 17.7 Å². The van der Waals surface area contributed by atoms with Gasteiger partial charge in [-0.3, -0.25) is 4.79 Å². The van der Waals surface area contributed by atoms with E-state index in [1.165, 1.54) is 0 Å². The zero-order valence-electron chi connectivity index (χ0n) is 8.93. The van der Waals surface area contributed by atoms with E-state index in [4.69, 9.17) is 27.9 Å². The van der Waals surface area contributed by atoms with E-state index in [0.717, 1.165) is 0 Å². The van der Waals surface area contributed by atoms with Crippen LogP contribution < -0.4 is 5.32 Å². The number of hydrogen-bond donors (Lipinski definition) is 1. The van der Waals surface area contributed by atoms with Crippen molar-refractivity contribution in [3.05, 3.63) is 33.8 Å². The second kappa shape index (κ2) is 6.74. The first kappa shape index (κ1) is 13.3. The van der Waals surface area contributed by atoms with Crippen LogP contribution in [0, 0.1) is 0 Å². The van der Waals surface area contributed by atoms with E-state index in [-0.39, 0.29) is 12.3 Å². The number of halogens is 2. The molecule has 1 amide bonds. The van der Waals surface area contributed by atoms with Crippen LogP contribution in [0.3, 0.4) is 0 Å². The molecule has 0 saturated carbocycles. The van der Waals surface area contributed by atoms with Crippen molar-refractivity contribution in [2.75, 3.05) is 20.3 Å². The molecule has 1 aromatic rings. The van der Waals surface area contributed by atoms with Crippen molar-refractivity contribution in [3.8, 4) is 0 Å². The highest BCUT2D eigenvalue weighted by Gasteiger charge is 2.09. The van der Waals surface area contributed by atoms with Crippen LogP contribution in [0.25, 0.3) is 0 Å². The zero-order chi connectivity index (χ0) is 12.0. The molecule has 0 spiro atoms. The summed E-state index contributed by atoms with van der Waals surface area (Å²) in [5, 5.41) is 3.72. The monoisotopic (exact) mass is 261 g/mol. The van der Waals surface area contributed by atoms with E-state index in [9.17, 15) is 4.79 Å². The zero-order valence-corrected chi connectivity index (χ0v) is 10.4. The van der Waals surface area contributed by atoms with Gasteiger partial charge in [0.05, 0.1) is 13.0 Å². The van der Waals surface area contributed by atoms with Gasteiger partial charge in [0.25, 0.3) is 0 Å². The van der Waals surface area contributed by atoms with Gasteiger partial charge in [0.1, 0.15) is 0 Å². The fourth-order valence-corrected chi connectivity index (χ4v) is 1.75. The van der Waals surface area contributed by atoms with Gasteiger partial charge in [-0.15, -0.1) is 0 Å². The summed E-state index contributed by atoms with van der Waals surface area (Å²) >= 11 is 11.9. The van der Waals surface area contributed by atoms with Crippen molar-refractivity contribution in [1.29, 1.82) is 0 Å². The topological polar surface area (TPSA) is 38.3 Å². The highest BCUT2D eigenvalue weighted by Crippen LogP contribution is 2.24. The largest absolute Gasteiger partial charge is 0.383 e. The first-order valence-electron chi connectivity index (χ1n) is 4.83. The van der Waals surface area contributed by atoms with Gasteiger partial charge in [-0.25, -0.2) is 0 Å². The Bertz CT molecular complexity index is 349. The van der Waals surface area contributed by atoms with Crippen LogP contribution >= 0.6 is 23.2 Å². The van der Waals surface area contributed by atoms with E-state index in [0.29, 0.717) is 28.8 Å². The minimum absolute atomic E-state index is 0.118. The second-order valence-electron chi connectivity index (χ2n) is 3.22. The summed E-state index contributed by atoms with van der Waals surface area (Å²) in [7, 11) is 1.58. The maximum Gasteiger partial charge on any atom is 0.224 e. The molecule has 0 unspecified atom stereocenters. The summed E-state index contributed by atoms with van der Waals surface area (Å²) in [6.07, 6.45) is 0.183. The molecule has 0 radical (unpaired) electrons. The Kier molecular flexibility index (Phi) is 5.60. The number of nitrogens with one attached hydrogen (secondary N) is 1. The lowest BCUT2D eigenvalue weighted by molar-refractivity contribution is -0.120. The lowest BCUT2D eigenvalue weighted by atomic mass is 10.1. The van der Waals surface area contributed by atoms with Crippen LogP contribution in [0.1, 0.15) is 5.56 Å². The Morgan fingerprint density at radius 3 is 2.56 bits per heavy atom. The molecule has 1 aromatic carbocycles. The Morgan fingerprint density at radius 2 is 2.00 bits per heavy atom. The number of carbonyl (C=O) groups is 1. The summed E-state index contributed by atoms with van der Waals surface area (Å²) in [6.45, 7) is 0.972. The predicted molar refractivity (Wildman–Crippen MR) is 65.1 cm³/mol. The molecule has 3 nitrogen and oxygen atoms in total. The van der Waals surface area contributed by atoms with Crippen LogP contribution in [-0.4, -0.2) is 26.2 Å². The lowest BCUT2D eigenvalue weighted by Crippen LogP contribution is -2.28. The van der Waals surface area contributed by atoms with Crippen molar-refractivity contribution in [3.63, 3.8) is 0 Å². The highest BCUT2D eigenvalue weighted by molar-refractivity contribution is 6.36. The Balaban J connectivity index is 2.56. The molecule has 0 bridgehead atoms. The molecule has 0 atom stereocenters. The van der Waals surface area contributed by atoms with Crippen LogP contribution in [0.5, 0.6) is 0 Å². The fourth-order valence-electron chi connectivity index (χ4n) is 1.22. The number of methoxy groups -OCH3 is 1. The Morgan fingerprint density at radius 1 is 1.38 bits per heavy atom. The maximum absolute atomic E-state index is 11.5. The van der Waals surface area contributed by atoms with E-state index in [1.807, 2.05) is 0 Å². The summed E-state index contributed by atoms with van der Waals surface area (Å²) in [4.78, 5) is 11.5. The number of benzene rings is 1. The normalized spacial score (nSPS) is 10.2. The average Bonchev–Trinajstić information content (AvgIpc) is 2.24. The third-order valence-corrected chi connectivity index (χ3v) is 2.74. The number of rotatable bonds is 5. The van der Waals surface area contributed by atoms with Gasteiger partial charge in [-0.2, -0.15) is 0 Å². The second-order valence-corrected chi connectivity index (χ2v) is 4.03. The van der Waals surface area contributed by atoms with Gasteiger partial charge in [0.15, 0.2) is 0 Å². The lowest BCUT2D eigenvalue weighted by Gasteiger charge is -2.07. The summed E-state index contributed by atoms with van der Waals surface area (Å²) in [6, 6.07) is 5.17. The van der Waals surface area contributed by atoms with Gasteiger partial charge < -0.3 is 10.1 Å². The Labute approximate surface area is 105 Å². The molecule has 0 aliphatic rings. The molecule has 0 aliphatic heterocycles. The van der Waals surface area contributed by atoms with Gasteiger partial charge >= 0.3 is 0 Å². The molecular formula is C11H13Cl2NO2. The Hall–Kier alpha value is -0.770. The quantitative estimate of drug-likeness (QED) is 0.827. The molecular weight excluding hydrogens is 249 g/mol. The SMILES string of the molecule is COCCNC(=O)Cc1c(Cl)cccc1Cl. The maximum atomic E-state index is 11.5. The number of carbonyl (C=O) groups excluding carboxylic acids is 1. The molecule has 0 aliphatic carbocycles. The number of hydrogen-bond acceptors (Lipinski definition) is 2. The van der Waals surface area contributed by atoms with Crippen molar-refractivity contribution in [1.82, 2.24) is 5.32 Å². The van der Waals surface area contributed by atoms with Crippen LogP contribution in [0.4, 0.5) is 0 Å². The molecule has 5 heteroatoms. The van der Waals surface area contributed by atoms with Crippen molar-refractivity contribution < 1.29 is 9.53 Å². The molecule has 16 heavy (non-hydrogen) atoms. The smallest absolute Gasteiger partial charge is 0.224 e. The third kappa shape index (κ3) is 4.00. The van der Waals surface area contributed by atoms with E-state index >= 15 is 0 Å². The van der Waals surface area contributed by atoms with Gasteiger partial charge in [-0.1, -0.05) is 29.3 Å². The highest BCUT2D eigenvalue weighted by atomic mass is 35.5. The molecule has 1 N–H and O–H groups in total. The molecule has 0 aromatic heterocycles. The van der Waals surface area contributed by atoms with Gasteiger partial charge in [0.2, 0.25) is 5.91 Å². The molecule has 1 rings (SSSR count). The number of ether oxygens (including phenoxy) is 1. The summed E-state index contributed by atoms with van der Waals surface area (Å²) in [5.74, 6) is -0.118. The summed E-state index contributed by atoms with van der Waals surface area (Å²) < 4.78 is 4.82. The predicted octanol–water partition coefficient (Wildman–Crippen LogP) is 2.30. The summed E-state index contributed by atoms with van der Waals surface area (Å²) in [5.41, 5.74) is 0.653. The van der Waals surface area contributed by atoms with E-state index < -0.39 is 0 Å². The van der Waals surface area contributed by atoms with Crippen LogP contribution in [0.15, 0.2) is 18.2 Å². The molecule has 88 valence electrons. The van der Waals surface area contributed by atoms with Crippen LogP contribution in [0.2, 0.25) is 10.0 Å². The minimum atomic E-state index is -0.118. The first-order chi connectivity index (χ1) is 7.65. The fraction of sp³-hybridized carbons (Fsp3) is 0.364. The first-order valence-corrected chi connectivity index (χ1v) is 5.59. The minimum Gasteiger partial charge on any atom is -0.383 e. The van der Waals surface area contributed by atoms with Crippen molar-refractivity contribution in [2.24, 2.45) is 0 Å². The molecule has 0 saturated heterocycles. The van der Waals surface area contributed by atoms with Crippen molar-refractivity contribution >= 4 is 29.1 Å². The molecule has 0 heterocycles. The van der Waals surface area contributed by atoms with Crippen molar-refractivity contribution in [2.45, 2.75) is 6.42 Å².